The zero-order chi connectivity index (χ0) is 26.1. The Balaban J connectivity index is 1.40. The van der Waals surface area contributed by atoms with Gasteiger partial charge >= 0.3 is 6.09 Å². The number of primary amides is 1. The number of hydrogen-bond donors (Lipinski definition) is 5. The highest BCUT2D eigenvalue weighted by atomic mass is 16.5. The van der Waals surface area contributed by atoms with E-state index in [0.717, 1.165) is 22.3 Å². The van der Waals surface area contributed by atoms with Crippen LogP contribution in [0.1, 0.15) is 43.2 Å². The van der Waals surface area contributed by atoms with Crippen molar-refractivity contribution in [2.75, 3.05) is 19.8 Å². The summed E-state index contributed by atoms with van der Waals surface area (Å²) in [6, 6.07) is 14.0. The van der Waals surface area contributed by atoms with Gasteiger partial charge < -0.3 is 31.5 Å². The molecule has 0 fully saturated rings. The van der Waals surface area contributed by atoms with Gasteiger partial charge in [-0.1, -0.05) is 48.5 Å². The number of nitrogens with one attached hydrogen (secondary N) is 3. The topological polar surface area (TPSA) is 160 Å². The zero-order valence-corrected chi connectivity index (χ0v) is 20.2. The second kappa shape index (κ2) is 12.7. The number of aliphatic hydroxyl groups excluding tert-OH is 1. The fraction of sp³-hybridized carbons (Fsp3) is 0.385. The van der Waals surface area contributed by atoms with Gasteiger partial charge in [0.15, 0.2) is 0 Å². The minimum atomic E-state index is -1.17. The number of rotatable bonds is 12. The summed E-state index contributed by atoms with van der Waals surface area (Å²) >= 11 is 0. The highest BCUT2D eigenvalue weighted by Gasteiger charge is 2.29. The highest BCUT2D eigenvalue weighted by Crippen LogP contribution is 2.44. The van der Waals surface area contributed by atoms with Gasteiger partial charge in [0.05, 0.1) is 6.61 Å². The molecule has 1 aliphatic rings. The van der Waals surface area contributed by atoms with E-state index in [1.165, 1.54) is 6.92 Å². The number of unbranched alkanes of at least 4 members (excludes halogenated alkanes) is 1. The third kappa shape index (κ3) is 6.82. The first-order chi connectivity index (χ1) is 17.3. The van der Waals surface area contributed by atoms with Crippen molar-refractivity contribution in [3.05, 3.63) is 59.7 Å². The number of alkyl carbamates (subject to hydrolysis) is 1. The molecular weight excluding hydrogens is 464 g/mol. The van der Waals surface area contributed by atoms with Crippen molar-refractivity contribution in [2.45, 2.75) is 44.2 Å². The number of fused-ring (bicyclic) bond motifs is 3. The molecule has 10 heteroatoms. The van der Waals surface area contributed by atoms with Gasteiger partial charge in [0.25, 0.3) is 0 Å². The molecule has 0 saturated heterocycles. The quantitative estimate of drug-likeness (QED) is 0.277. The van der Waals surface area contributed by atoms with Gasteiger partial charge in [-0.05, 0) is 41.5 Å². The largest absolute Gasteiger partial charge is 0.449 e. The van der Waals surface area contributed by atoms with E-state index in [0.29, 0.717) is 19.4 Å². The van der Waals surface area contributed by atoms with E-state index in [1.54, 1.807) is 0 Å². The summed E-state index contributed by atoms with van der Waals surface area (Å²) in [4.78, 5) is 47.2. The zero-order valence-electron chi connectivity index (χ0n) is 20.2. The minimum Gasteiger partial charge on any atom is -0.449 e. The lowest BCUT2D eigenvalue weighted by Crippen LogP contribution is -2.53. The van der Waals surface area contributed by atoms with E-state index < -0.39 is 42.5 Å². The summed E-state index contributed by atoms with van der Waals surface area (Å²) in [6.07, 6.45) is 0.726. The number of amides is 4. The molecule has 0 spiro atoms. The van der Waals surface area contributed by atoms with E-state index >= 15 is 0 Å². The second-order valence-electron chi connectivity index (χ2n) is 8.65. The van der Waals surface area contributed by atoms with Gasteiger partial charge in [0.2, 0.25) is 17.7 Å². The predicted octanol–water partition coefficient (Wildman–Crippen LogP) is 1.16. The first-order valence-corrected chi connectivity index (χ1v) is 11.9. The molecule has 4 amide bonds. The Morgan fingerprint density at radius 3 is 2.11 bits per heavy atom. The molecule has 0 aromatic heterocycles. The van der Waals surface area contributed by atoms with Crippen LogP contribution in [0.5, 0.6) is 0 Å². The molecule has 1 aliphatic carbocycles. The number of hydrogen-bond acceptors (Lipinski definition) is 6. The predicted molar refractivity (Wildman–Crippen MR) is 133 cm³/mol. The summed E-state index contributed by atoms with van der Waals surface area (Å²) in [5.74, 6) is -1.94. The van der Waals surface area contributed by atoms with Gasteiger partial charge in [0, 0.05) is 19.4 Å². The molecule has 6 N–H and O–H groups in total. The smallest absolute Gasteiger partial charge is 0.407 e. The van der Waals surface area contributed by atoms with E-state index in [4.69, 9.17) is 10.5 Å². The second-order valence-corrected chi connectivity index (χ2v) is 8.65. The summed E-state index contributed by atoms with van der Waals surface area (Å²) in [7, 11) is 0. The molecule has 2 atom stereocenters. The molecule has 0 saturated carbocycles. The fourth-order valence-corrected chi connectivity index (χ4v) is 4.31. The number of nitrogens with two attached hydrogens (primary N) is 1. The van der Waals surface area contributed by atoms with Crippen LogP contribution in [0.4, 0.5) is 4.79 Å². The van der Waals surface area contributed by atoms with Crippen LogP contribution in [-0.2, 0) is 19.1 Å². The van der Waals surface area contributed by atoms with Crippen molar-refractivity contribution in [3.8, 4) is 11.1 Å². The Labute approximate surface area is 209 Å². The first kappa shape index (κ1) is 26.7. The Bertz CT molecular complexity index is 1060. The van der Waals surface area contributed by atoms with Gasteiger partial charge in [-0.15, -0.1) is 0 Å². The Kier molecular flexibility index (Phi) is 9.40. The van der Waals surface area contributed by atoms with Crippen molar-refractivity contribution < 1.29 is 29.0 Å². The van der Waals surface area contributed by atoms with Crippen LogP contribution in [0, 0.1) is 0 Å². The average molecular weight is 497 g/mol. The maximum Gasteiger partial charge on any atom is 0.407 e. The molecular formula is C26H32N4O6. The summed E-state index contributed by atoms with van der Waals surface area (Å²) in [5, 5.41) is 16.7. The molecule has 0 radical (unpaired) electrons. The maximum atomic E-state index is 12.2. The molecule has 0 heterocycles. The Morgan fingerprint density at radius 1 is 0.944 bits per heavy atom. The van der Waals surface area contributed by atoms with Crippen molar-refractivity contribution in [2.24, 2.45) is 5.73 Å². The van der Waals surface area contributed by atoms with Crippen LogP contribution >= 0.6 is 0 Å². The first-order valence-electron chi connectivity index (χ1n) is 11.9. The van der Waals surface area contributed by atoms with Crippen molar-refractivity contribution >= 4 is 23.8 Å². The average Bonchev–Trinajstić information content (AvgIpc) is 3.18. The Hall–Kier alpha value is -3.92. The number of benzene rings is 2. The summed E-state index contributed by atoms with van der Waals surface area (Å²) in [5.41, 5.74) is 9.94. The maximum absolute atomic E-state index is 12.2. The van der Waals surface area contributed by atoms with Crippen LogP contribution in [-0.4, -0.2) is 60.8 Å². The number of carbonyl (C=O) groups is 4. The standard InChI is InChI=1S/C26H32N4O6/c1-16(32)29-23(14-31)25(34)30-22(24(27)33)12-6-7-13-28-26(35)36-15-21-19-10-4-2-8-17(19)18-9-3-5-11-20(18)21/h2-5,8-11,21-23,31H,6-7,12-15H2,1H3,(H2,27,33)(H,28,35)(H,29,32)(H,30,34)/t22-,23-/m0/s1. The van der Waals surface area contributed by atoms with Crippen LogP contribution in [0.3, 0.4) is 0 Å². The van der Waals surface area contributed by atoms with Crippen LogP contribution in [0.25, 0.3) is 11.1 Å². The van der Waals surface area contributed by atoms with E-state index in [1.807, 2.05) is 36.4 Å². The van der Waals surface area contributed by atoms with Crippen molar-refractivity contribution in [1.82, 2.24) is 16.0 Å². The van der Waals surface area contributed by atoms with Crippen molar-refractivity contribution in [1.29, 1.82) is 0 Å². The SMILES string of the molecule is CC(=O)N[C@@H](CO)C(=O)N[C@@H](CCCCNC(=O)OCC1c2ccccc2-c2ccccc21)C(N)=O. The van der Waals surface area contributed by atoms with Gasteiger partial charge in [0.1, 0.15) is 18.7 Å². The lowest BCUT2D eigenvalue weighted by atomic mass is 9.98. The van der Waals surface area contributed by atoms with E-state index in [9.17, 15) is 24.3 Å². The van der Waals surface area contributed by atoms with E-state index in [-0.39, 0.29) is 18.9 Å². The van der Waals surface area contributed by atoms with Crippen molar-refractivity contribution in [3.63, 3.8) is 0 Å². The molecule has 2 aromatic rings. The lowest BCUT2D eigenvalue weighted by molar-refractivity contribution is -0.131. The molecule has 2 aromatic carbocycles. The van der Waals surface area contributed by atoms with Gasteiger partial charge in [-0.3, -0.25) is 14.4 Å². The number of carbonyl (C=O) groups excluding carboxylic acids is 4. The third-order valence-electron chi connectivity index (χ3n) is 6.07. The molecule has 192 valence electrons. The van der Waals surface area contributed by atoms with Gasteiger partial charge in [-0.2, -0.15) is 0 Å². The number of aliphatic hydroxyl groups is 1. The summed E-state index contributed by atoms with van der Waals surface area (Å²) in [6.45, 7) is 1.14. The van der Waals surface area contributed by atoms with Crippen LogP contribution in [0.2, 0.25) is 0 Å². The lowest BCUT2D eigenvalue weighted by Gasteiger charge is -2.20. The molecule has 3 rings (SSSR count). The van der Waals surface area contributed by atoms with Crippen LogP contribution in [0.15, 0.2) is 48.5 Å². The molecule has 0 unspecified atom stereocenters. The van der Waals surface area contributed by atoms with E-state index in [2.05, 4.69) is 28.1 Å². The minimum absolute atomic E-state index is 0.0247. The number of ether oxygens (including phenoxy) is 1. The molecule has 0 bridgehead atoms. The highest BCUT2D eigenvalue weighted by molar-refractivity contribution is 5.91. The molecule has 0 aliphatic heterocycles. The third-order valence-corrected chi connectivity index (χ3v) is 6.07. The Morgan fingerprint density at radius 2 is 1.56 bits per heavy atom. The fourth-order valence-electron chi connectivity index (χ4n) is 4.31. The molecule has 36 heavy (non-hydrogen) atoms. The van der Waals surface area contributed by atoms with Gasteiger partial charge in [-0.25, -0.2) is 4.79 Å². The normalized spacial score (nSPS) is 13.6. The monoisotopic (exact) mass is 496 g/mol. The summed E-state index contributed by atoms with van der Waals surface area (Å²) < 4.78 is 5.49. The molecule has 10 nitrogen and oxygen atoms in total. The van der Waals surface area contributed by atoms with Crippen LogP contribution < -0.4 is 21.7 Å².